The lowest BCUT2D eigenvalue weighted by molar-refractivity contribution is -0.384. The lowest BCUT2D eigenvalue weighted by Crippen LogP contribution is -1.85. The van der Waals surface area contributed by atoms with Crippen molar-refractivity contribution in [3.05, 3.63) is 45.8 Å². The maximum atomic E-state index is 10.6. The Labute approximate surface area is 103 Å². The molecule has 7 heteroatoms. The summed E-state index contributed by atoms with van der Waals surface area (Å²) in [7, 11) is 0. The van der Waals surface area contributed by atoms with Crippen LogP contribution in [0, 0.1) is 24.0 Å². The Morgan fingerprint density at radius 1 is 1.33 bits per heavy atom. The van der Waals surface area contributed by atoms with Crippen molar-refractivity contribution < 1.29 is 4.92 Å². The van der Waals surface area contributed by atoms with Gasteiger partial charge in [0.1, 0.15) is 5.69 Å². The van der Waals surface area contributed by atoms with E-state index in [0.29, 0.717) is 11.4 Å². The number of rotatable bonds is 3. The number of H-pyrrole nitrogens is 1. The Bertz CT molecular complexity index is 598. The SMILES string of the molecule is Cc1n[nH]c(C)c1/N=N/c1cccc([N+](=O)[O-])c1. The van der Waals surface area contributed by atoms with Gasteiger partial charge in [0.05, 0.1) is 22.0 Å². The molecule has 0 bridgehead atoms. The van der Waals surface area contributed by atoms with Crippen LogP contribution >= 0.6 is 0 Å². The van der Waals surface area contributed by atoms with Gasteiger partial charge in [-0.2, -0.15) is 10.2 Å². The first-order chi connectivity index (χ1) is 8.58. The molecular formula is C11H11N5O2. The average Bonchev–Trinajstić information content (AvgIpc) is 2.67. The quantitative estimate of drug-likeness (QED) is 0.510. The summed E-state index contributed by atoms with van der Waals surface area (Å²) < 4.78 is 0. The monoisotopic (exact) mass is 245 g/mol. The zero-order valence-electron chi connectivity index (χ0n) is 9.91. The van der Waals surface area contributed by atoms with Crippen LogP contribution in [0.3, 0.4) is 0 Å². The molecule has 0 aliphatic rings. The van der Waals surface area contributed by atoms with Gasteiger partial charge in [0.2, 0.25) is 0 Å². The Hall–Kier alpha value is -2.57. The van der Waals surface area contributed by atoms with Crippen molar-refractivity contribution in [2.45, 2.75) is 13.8 Å². The first-order valence-electron chi connectivity index (χ1n) is 5.25. The summed E-state index contributed by atoms with van der Waals surface area (Å²) in [5.41, 5.74) is 2.63. The molecule has 0 radical (unpaired) electrons. The maximum absolute atomic E-state index is 10.6. The highest BCUT2D eigenvalue weighted by Gasteiger charge is 2.07. The summed E-state index contributed by atoms with van der Waals surface area (Å²) in [6.45, 7) is 3.65. The molecular weight excluding hydrogens is 234 g/mol. The predicted molar refractivity (Wildman–Crippen MR) is 65.3 cm³/mol. The minimum atomic E-state index is -0.465. The van der Waals surface area contributed by atoms with E-state index in [4.69, 9.17) is 0 Å². The molecule has 0 unspecified atom stereocenters. The fraction of sp³-hybridized carbons (Fsp3) is 0.182. The molecule has 92 valence electrons. The van der Waals surface area contributed by atoms with Crippen LogP contribution in [-0.4, -0.2) is 15.1 Å². The molecule has 0 saturated heterocycles. The van der Waals surface area contributed by atoms with Gasteiger partial charge in [-0.3, -0.25) is 15.2 Å². The van der Waals surface area contributed by atoms with Crippen LogP contribution in [0.5, 0.6) is 0 Å². The van der Waals surface area contributed by atoms with E-state index >= 15 is 0 Å². The third-order valence-electron chi connectivity index (χ3n) is 2.40. The molecule has 2 aromatic rings. The van der Waals surface area contributed by atoms with Crippen LogP contribution in [-0.2, 0) is 0 Å². The van der Waals surface area contributed by atoms with Crippen molar-refractivity contribution in [1.82, 2.24) is 10.2 Å². The molecule has 0 atom stereocenters. The second-order valence-electron chi connectivity index (χ2n) is 3.76. The van der Waals surface area contributed by atoms with Crippen molar-refractivity contribution in [3.63, 3.8) is 0 Å². The van der Waals surface area contributed by atoms with E-state index in [2.05, 4.69) is 20.4 Å². The van der Waals surface area contributed by atoms with Crippen LogP contribution in [0.25, 0.3) is 0 Å². The van der Waals surface area contributed by atoms with E-state index in [-0.39, 0.29) is 5.69 Å². The summed E-state index contributed by atoms with van der Waals surface area (Å²) in [6, 6.07) is 6.00. The van der Waals surface area contributed by atoms with Gasteiger partial charge in [-0.05, 0) is 19.9 Å². The number of aromatic amines is 1. The molecule has 7 nitrogen and oxygen atoms in total. The van der Waals surface area contributed by atoms with Crippen molar-refractivity contribution >= 4 is 17.1 Å². The van der Waals surface area contributed by atoms with Crippen molar-refractivity contribution in [1.29, 1.82) is 0 Å². The van der Waals surface area contributed by atoms with Crippen molar-refractivity contribution in [2.24, 2.45) is 10.2 Å². The molecule has 0 aliphatic carbocycles. The molecule has 2 rings (SSSR count). The van der Waals surface area contributed by atoms with Gasteiger partial charge < -0.3 is 0 Å². The third-order valence-corrected chi connectivity index (χ3v) is 2.40. The van der Waals surface area contributed by atoms with Crippen LogP contribution < -0.4 is 0 Å². The molecule has 18 heavy (non-hydrogen) atoms. The van der Waals surface area contributed by atoms with Crippen LogP contribution in [0.2, 0.25) is 0 Å². The first-order valence-corrected chi connectivity index (χ1v) is 5.25. The van der Waals surface area contributed by atoms with E-state index in [1.807, 2.05) is 13.8 Å². The van der Waals surface area contributed by atoms with Gasteiger partial charge in [-0.1, -0.05) is 6.07 Å². The number of benzene rings is 1. The minimum absolute atomic E-state index is 0.00733. The fourth-order valence-corrected chi connectivity index (χ4v) is 1.47. The summed E-state index contributed by atoms with van der Waals surface area (Å²) in [4.78, 5) is 10.1. The lowest BCUT2D eigenvalue weighted by Gasteiger charge is -1.94. The standard InChI is InChI=1S/C11H11N5O2/c1-7-11(8(2)13-12-7)15-14-9-4-3-5-10(6-9)16(17)18/h3-6H,1-2H3,(H,12,13)/b15-14+. The van der Waals surface area contributed by atoms with Crippen molar-refractivity contribution in [2.75, 3.05) is 0 Å². The summed E-state index contributed by atoms with van der Waals surface area (Å²) >= 11 is 0. The molecule has 1 aromatic heterocycles. The number of aromatic nitrogens is 2. The zero-order valence-corrected chi connectivity index (χ0v) is 9.91. The van der Waals surface area contributed by atoms with Gasteiger partial charge in [-0.25, -0.2) is 0 Å². The highest BCUT2D eigenvalue weighted by molar-refractivity contribution is 5.49. The Balaban J connectivity index is 2.29. The topological polar surface area (TPSA) is 96.5 Å². The lowest BCUT2D eigenvalue weighted by atomic mass is 10.3. The number of hydrogen-bond acceptors (Lipinski definition) is 5. The van der Waals surface area contributed by atoms with Gasteiger partial charge >= 0.3 is 0 Å². The zero-order chi connectivity index (χ0) is 13.1. The number of aryl methyl sites for hydroxylation is 2. The second kappa shape index (κ2) is 4.74. The minimum Gasteiger partial charge on any atom is -0.280 e. The van der Waals surface area contributed by atoms with Crippen LogP contribution in [0.1, 0.15) is 11.4 Å². The Morgan fingerprint density at radius 2 is 2.11 bits per heavy atom. The van der Waals surface area contributed by atoms with E-state index in [1.54, 1.807) is 12.1 Å². The van der Waals surface area contributed by atoms with Crippen LogP contribution in [0.15, 0.2) is 34.5 Å². The van der Waals surface area contributed by atoms with E-state index in [9.17, 15) is 10.1 Å². The number of azo groups is 1. The molecule has 1 N–H and O–H groups in total. The van der Waals surface area contributed by atoms with Crippen molar-refractivity contribution in [3.8, 4) is 0 Å². The van der Waals surface area contributed by atoms with Gasteiger partial charge in [0.25, 0.3) is 5.69 Å². The van der Waals surface area contributed by atoms with E-state index < -0.39 is 4.92 Å². The molecule has 0 spiro atoms. The summed E-state index contributed by atoms with van der Waals surface area (Å²) in [5, 5.41) is 25.4. The second-order valence-corrected chi connectivity index (χ2v) is 3.76. The first kappa shape index (κ1) is 11.9. The Morgan fingerprint density at radius 3 is 2.72 bits per heavy atom. The number of non-ortho nitro benzene ring substituents is 1. The van der Waals surface area contributed by atoms with E-state index in [1.165, 1.54) is 12.1 Å². The molecule has 0 aliphatic heterocycles. The number of nitrogens with one attached hydrogen (secondary N) is 1. The average molecular weight is 245 g/mol. The summed E-state index contributed by atoms with van der Waals surface area (Å²) in [6.07, 6.45) is 0. The van der Waals surface area contributed by atoms with Crippen LogP contribution in [0.4, 0.5) is 17.1 Å². The highest BCUT2D eigenvalue weighted by atomic mass is 16.6. The number of nitro groups is 1. The highest BCUT2D eigenvalue weighted by Crippen LogP contribution is 2.25. The van der Waals surface area contributed by atoms with E-state index in [0.717, 1.165) is 11.4 Å². The van der Waals surface area contributed by atoms with Gasteiger partial charge in [0.15, 0.2) is 0 Å². The molecule has 0 amide bonds. The normalized spacial score (nSPS) is 11.0. The Kier molecular flexibility index (Phi) is 3.13. The largest absolute Gasteiger partial charge is 0.280 e. The molecule has 1 aromatic carbocycles. The third kappa shape index (κ3) is 2.40. The molecule has 0 fully saturated rings. The fourth-order valence-electron chi connectivity index (χ4n) is 1.47. The van der Waals surface area contributed by atoms with Gasteiger partial charge in [-0.15, -0.1) is 5.11 Å². The number of nitro benzene ring substituents is 1. The molecule has 1 heterocycles. The predicted octanol–water partition coefficient (Wildman–Crippen LogP) is 3.35. The number of hydrogen-bond donors (Lipinski definition) is 1. The maximum Gasteiger partial charge on any atom is 0.271 e. The summed E-state index contributed by atoms with van der Waals surface area (Å²) in [5.74, 6) is 0. The smallest absolute Gasteiger partial charge is 0.271 e. The number of nitrogens with zero attached hydrogens (tertiary/aromatic N) is 4. The van der Waals surface area contributed by atoms with Gasteiger partial charge in [0, 0.05) is 12.1 Å². The molecule has 0 saturated carbocycles.